The molecule has 4 fully saturated rings. The van der Waals surface area contributed by atoms with Crippen LogP contribution in [0.5, 0.6) is 0 Å². The molecule has 4 heterocycles. The second-order valence-corrected chi connectivity index (χ2v) is 5.24. The van der Waals surface area contributed by atoms with Crippen molar-refractivity contribution in [3.8, 4) is 0 Å². The van der Waals surface area contributed by atoms with E-state index in [0.717, 1.165) is 0 Å². The first-order valence-electron chi connectivity index (χ1n) is 5.81. The number of hydrazine groups is 2. The molecule has 0 aliphatic carbocycles. The van der Waals surface area contributed by atoms with Crippen molar-refractivity contribution in [1.82, 2.24) is 20.0 Å². The fourth-order valence-electron chi connectivity index (χ4n) is 3.87. The Morgan fingerprint density at radius 3 is 1.21 bits per heavy atom. The van der Waals surface area contributed by atoms with Gasteiger partial charge in [0.1, 0.15) is 11.3 Å². The first-order valence-corrected chi connectivity index (χ1v) is 5.81. The molecule has 0 radical (unpaired) electrons. The molecule has 14 heavy (non-hydrogen) atoms. The number of rotatable bonds is 1. The molecule has 4 atom stereocenters. The molecule has 0 bridgehead atoms. The van der Waals surface area contributed by atoms with Gasteiger partial charge >= 0.3 is 0 Å². The molecule has 4 aliphatic heterocycles. The predicted molar refractivity (Wildman–Crippen MR) is 52.9 cm³/mol. The summed E-state index contributed by atoms with van der Waals surface area (Å²) >= 11 is 0. The van der Waals surface area contributed by atoms with Gasteiger partial charge in [-0.3, -0.25) is 0 Å². The quantitative estimate of drug-likeness (QED) is 0.556. The molecule has 0 aromatic heterocycles. The van der Waals surface area contributed by atoms with Crippen LogP contribution in [0.25, 0.3) is 0 Å². The van der Waals surface area contributed by atoms with Crippen LogP contribution >= 0.6 is 0 Å². The monoisotopic (exact) mass is 194 g/mol. The SMILES string of the molecule is CC1(C2(C)N3CCCN32)N2CCCN21. The largest absolute Gasteiger partial charge is 0.215 e. The van der Waals surface area contributed by atoms with E-state index in [0.29, 0.717) is 11.3 Å². The van der Waals surface area contributed by atoms with Crippen LogP contribution in [0.4, 0.5) is 0 Å². The van der Waals surface area contributed by atoms with Crippen LogP contribution in [0.1, 0.15) is 26.7 Å². The third-order valence-electron chi connectivity index (χ3n) is 4.89. The van der Waals surface area contributed by atoms with Crippen LogP contribution < -0.4 is 0 Å². The van der Waals surface area contributed by atoms with Crippen LogP contribution in [0.15, 0.2) is 0 Å². The summed E-state index contributed by atoms with van der Waals surface area (Å²) in [7, 11) is 0. The van der Waals surface area contributed by atoms with E-state index in [9.17, 15) is 0 Å². The molecule has 0 spiro atoms. The van der Waals surface area contributed by atoms with Crippen molar-refractivity contribution in [3.63, 3.8) is 0 Å². The maximum absolute atomic E-state index is 2.56. The summed E-state index contributed by atoms with van der Waals surface area (Å²) in [5.74, 6) is 0. The molecule has 4 aliphatic rings. The number of nitrogens with zero attached hydrogens (tertiary/aromatic N) is 4. The molecule has 0 amide bonds. The van der Waals surface area contributed by atoms with E-state index < -0.39 is 0 Å². The number of hydrogen-bond acceptors (Lipinski definition) is 4. The summed E-state index contributed by atoms with van der Waals surface area (Å²) in [5, 5.41) is 10.2. The molecular formula is C10H18N4. The van der Waals surface area contributed by atoms with Gasteiger partial charge in [-0.1, -0.05) is 0 Å². The van der Waals surface area contributed by atoms with Crippen molar-refractivity contribution >= 4 is 0 Å². The van der Waals surface area contributed by atoms with Gasteiger partial charge in [0.15, 0.2) is 0 Å². The molecule has 0 aromatic rings. The van der Waals surface area contributed by atoms with Gasteiger partial charge in [-0.2, -0.15) is 0 Å². The maximum atomic E-state index is 2.56. The normalized spacial score (nSPS) is 69.0. The summed E-state index contributed by atoms with van der Waals surface area (Å²) in [6.07, 6.45) is 2.71. The summed E-state index contributed by atoms with van der Waals surface area (Å²) in [4.78, 5) is 0. The van der Waals surface area contributed by atoms with E-state index in [2.05, 4.69) is 33.9 Å². The highest BCUT2D eigenvalue weighted by molar-refractivity contribution is 5.22. The van der Waals surface area contributed by atoms with Crippen molar-refractivity contribution in [2.75, 3.05) is 26.2 Å². The lowest BCUT2D eigenvalue weighted by atomic mass is 10.0. The van der Waals surface area contributed by atoms with Gasteiger partial charge in [0.05, 0.1) is 0 Å². The molecule has 0 N–H and O–H groups in total. The fraction of sp³-hybridized carbons (Fsp3) is 1.00. The minimum Gasteiger partial charge on any atom is -0.215 e. The fourth-order valence-corrected chi connectivity index (χ4v) is 3.87. The molecule has 4 rings (SSSR count). The minimum absolute atomic E-state index is 0.325. The second-order valence-electron chi connectivity index (χ2n) is 5.24. The second kappa shape index (κ2) is 2.02. The Kier molecular flexibility index (Phi) is 1.16. The maximum Gasteiger partial charge on any atom is 0.131 e. The molecule has 4 nitrogen and oxygen atoms in total. The third kappa shape index (κ3) is 0.583. The van der Waals surface area contributed by atoms with Crippen molar-refractivity contribution < 1.29 is 0 Å². The first kappa shape index (κ1) is 8.05. The molecular weight excluding hydrogens is 176 g/mol. The Balaban J connectivity index is 1.66. The zero-order valence-corrected chi connectivity index (χ0v) is 9.03. The van der Waals surface area contributed by atoms with Crippen LogP contribution in [0, 0.1) is 0 Å². The molecule has 0 saturated carbocycles. The average molecular weight is 194 g/mol. The van der Waals surface area contributed by atoms with E-state index in [1.165, 1.54) is 39.0 Å². The lowest BCUT2D eigenvalue weighted by Gasteiger charge is -2.22. The molecule has 4 heteroatoms. The molecule has 0 aromatic carbocycles. The zero-order valence-electron chi connectivity index (χ0n) is 9.03. The van der Waals surface area contributed by atoms with Crippen molar-refractivity contribution in [2.24, 2.45) is 0 Å². The van der Waals surface area contributed by atoms with Gasteiger partial charge in [0, 0.05) is 26.2 Å². The van der Waals surface area contributed by atoms with Crippen molar-refractivity contribution in [1.29, 1.82) is 0 Å². The Labute approximate surface area is 85.0 Å². The third-order valence-corrected chi connectivity index (χ3v) is 4.89. The predicted octanol–water partition coefficient (Wildman–Crippen LogP) is 0.291. The van der Waals surface area contributed by atoms with E-state index in [1.807, 2.05) is 0 Å². The Morgan fingerprint density at radius 1 is 0.643 bits per heavy atom. The highest BCUT2D eigenvalue weighted by atomic mass is 16.0. The van der Waals surface area contributed by atoms with Crippen molar-refractivity contribution in [2.45, 2.75) is 38.0 Å². The minimum atomic E-state index is 0.325. The van der Waals surface area contributed by atoms with E-state index in [-0.39, 0.29) is 0 Å². The van der Waals surface area contributed by atoms with E-state index >= 15 is 0 Å². The van der Waals surface area contributed by atoms with Crippen molar-refractivity contribution in [3.05, 3.63) is 0 Å². The van der Waals surface area contributed by atoms with E-state index in [4.69, 9.17) is 0 Å². The van der Waals surface area contributed by atoms with Crippen LogP contribution in [-0.2, 0) is 0 Å². The Hall–Kier alpha value is -0.160. The summed E-state index contributed by atoms with van der Waals surface area (Å²) < 4.78 is 0. The average Bonchev–Trinajstić information content (AvgIpc) is 2.87. The van der Waals surface area contributed by atoms with Gasteiger partial charge in [0.2, 0.25) is 0 Å². The Morgan fingerprint density at radius 2 is 0.929 bits per heavy atom. The van der Waals surface area contributed by atoms with Gasteiger partial charge in [0.25, 0.3) is 0 Å². The number of hydrogen-bond donors (Lipinski definition) is 0. The molecule has 4 unspecified atom stereocenters. The molecule has 78 valence electrons. The number of fused-ring (bicyclic) bond motifs is 2. The van der Waals surface area contributed by atoms with Gasteiger partial charge in [-0.05, 0) is 26.7 Å². The lowest BCUT2D eigenvalue weighted by Crippen LogP contribution is -2.42. The van der Waals surface area contributed by atoms with Crippen LogP contribution in [0.3, 0.4) is 0 Å². The van der Waals surface area contributed by atoms with Gasteiger partial charge < -0.3 is 0 Å². The van der Waals surface area contributed by atoms with Crippen LogP contribution in [0.2, 0.25) is 0 Å². The summed E-state index contributed by atoms with van der Waals surface area (Å²) in [5.41, 5.74) is 0.650. The Bertz CT molecular complexity index is 252. The first-order chi connectivity index (χ1) is 6.70. The lowest BCUT2D eigenvalue weighted by molar-refractivity contribution is 0.262. The highest BCUT2D eigenvalue weighted by Gasteiger charge is 2.80. The van der Waals surface area contributed by atoms with Gasteiger partial charge in [-0.25, -0.2) is 20.0 Å². The highest BCUT2D eigenvalue weighted by Crippen LogP contribution is 2.61. The smallest absolute Gasteiger partial charge is 0.131 e. The topological polar surface area (TPSA) is 12.0 Å². The zero-order chi connectivity index (χ0) is 9.55. The molecule has 4 saturated heterocycles. The van der Waals surface area contributed by atoms with Crippen LogP contribution in [-0.4, -0.2) is 57.5 Å². The summed E-state index contributed by atoms with van der Waals surface area (Å²) in [6.45, 7) is 9.90. The standard InChI is InChI=1S/C10H18N4/c1-9(11-5-3-6-12(9)11)10(2)13-7-4-8-14(10)13/h3-8H2,1-2H3. The van der Waals surface area contributed by atoms with E-state index in [1.54, 1.807) is 0 Å². The summed E-state index contributed by atoms with van der Waals surface area (Å²) in [6, 6.07) is 0. The van der Waals surface area contributed by atoms with Gasteiger partial charge in [-0.15, -0.1) is 0 Å².